The zero-order valence-electron chi connectivity index (χ0n) is 12.0. The van der Waals surface area contributed by atoms with Crippen molar-refractivity contribution < 1.29 is 9.90 Å². The van der Waals surface area contributed by atoms with E-state index < -0.39 is 12.0 Å². The molecule has 0 fully saturated rings. The van der Waals surface area contributed by atoms with Gasteiger partial charge in [-0.15, -0.1) is 0 Å². The van der Waals surface area contributed by atoms with Gasteiger partial charge in [-0.3, -0.25) is 14.4 Å². The number of nitrogens with zero attached hydrogens (tertiary/aromatic N) is 3. The Morgan fingerprint density at radius 3 is 2.73 bits per heavy atom. The Kier molecular flexibility index (Phi) is 4.84. The molecule has 1 unspecified atom stereocenters. The molecule has 8 heteroatoms. The van der Waals surface area contributed by atoms with Crippen molar-refractivity contribution in [2.24, 2.45) is 7.05 Å². The number of aryl methyl sites for hydroxylation is 1. The molecular formula is C14H16N4O4. The van der Waals surface area contributed by atoms with Gasteiger partial charge in [-0.2, -0.15) is 5.10 Å². The standard InChI is InChI=1S/C14H16N4O4/c1-17-12(20)6-5-11(16-17)14(22)15-8-10(19)9-18-7-3-2-4-13(18)21/h2-7,10,19H,8-9H2,1H3,(H,15,22). The lowest BCUT2D eigenvalue weighted by Crippen LogP contribution is -2.37. The molecule has 0 bridgehead atoms. The SMILES string of the molecule is Cn1nc(C(=O)NCC(O)Cn2ccccc2=O)ccc1=O. The fraction of sp³-hybridized carbons (Fsp3) is 0.286. The van der Waals surface area contributed by atoms with Crippen LogP contribution in [0, 0.1) is 0 Å². The maximum absolute atomic E-state index is 11.9. The third kappa shape index (κ3) is 3.89. The maximum atomic E-state index is 11.9. The fourth-order valence-corrected chi connectivity index (χ4v) is 1.83. The van der Waals surface area contributed by atoms with Gasteiger partial charge in [0.25, 0.3) is 17.0 Å². The molecule has 2 heterocycles. The summed E-state index contributed by atoms with van der Waals surface area (Å²) in [6, 6.07) is 7.23. The number of aliphatic hydroxyl groups excluding tert-OH is 1. The number of pyridine rings is 1. The number of amides is 1. The first-order valence-electron chi connectivity index (χ1n) is 6.63. The quantitative estimate of drug-likeness (QED) is 0.716. The van der Waals surface area contributed by atoms with E-state index in [-0.39, 0.29) is 29.9 Å². The van der Waals surface area contributed by atoms with E-state index in [4.69, 9.17) is 0 Å². The van der Waals surface area contributed by atoms with E-state index in [1.165, 1.54) is 29.8 Å². The van der Waals surface area contributed by atoms with Crippen molar-refractivity contribution in [3.05, 3.63) is 62.9 Å². The average molecular weight is 304 g/mol. The molecule has 2 N–H and O–H groups in total. The predicted molar refractivity (Wildman–Crippen MR) is 78.5 cm³/mol. The molecule has 0 aromatic carbocycles. The van der Waals surface area contributed by atoms with E-state index in [0.717, 1.165) is 4.68 Å². The zero-order chi connectivity index (χ0) is 16.1. The van der Waals surface area contributed by atoms with Crippen molar-refractivity contribution >= 4 is 5.91 Å². The van der Waals surface area contributed by atoms with Crippen molar-refractivity contribution in [1.29, 1.82) is 0 Å². The van der Waals surface area contributed by atoms with Gasteiger partial charge in [0, 0.05) is 31.9 Å². The second kappa shape index (κ2) is 6.81. The smallest absolute Gasteiger partial charge is 0.271 e. The van der Waals surface area contributed by atoms with Crippen molar-refractivity contribution in [3.63, 3.8) is 0 Å². The number of hydrogen-bond donors (Lipinski definition) is 2. The summed E-state index contributed by atoms with van der Waals surface area (Å²) in [5.41, 5.74) is -0.473. The topological polar surface area (TPSA) is 106 Å². The van der Waals surface area contributed by atoms with Crippen LogP contribution in [0.2, 0.25) is 0 Å². The lowest BCUT2D eigenvalue weighted by molar-refractivity contribution is 0.0896. The minimum absolute atomic E-state index is 0.0370. The third-order valence-corrected chi connectivity index (χ3v) is 3.00. The Hall–Kier alpha value is -2.74. The summed E-state index contributed by atoms with van der Waals surface area (Å²) >= 11 is 0. The maximum Gasteiger partial charge on any atom is 0.271 e. The van der Waals surface area contributed by atoms with Crippen LogP contribution in [0.5, 0.6) is 0 Å². The van der Waals surface area contributed by atoms with Gasteiger partial charge in [0.15, 0.2) is 0 Å². The van der Waals surface area contributed by atoms with Crippen LogP contribution in [0.4, 0.5) is 0 Å². The molecule has 0 aliphatic rings. The van der Waals surface area contributed by atoms with Crippen LogP contribution < -0.4 is 16.4 Å². The second-order valence-electron chi connectivity index (χ2n) is 4.74. The van der Waals surface area contributed by atoms with Crippen molar-refractivity contribution in [3.8, 4) is 0 Å². The Morgan fingerprint density at radius 2 is 2.05 bits per heavy atom. The van der Waals surface area contributed by atoms with Gasteiger partial charge in [-0.05, 0) is 12.1 Å². The number of carbonyl (C=O) groups is 1. The largest absolute Gasteiger partial charge is 0.389 e. The highest BCUT2D eigenvalue weighted by molar-refractivity contribution is 5.91. The van der Waals surface area contributed by atoms with Gasteiger partial charge < -0.3 is 15.0 Å². The van der Waals surface area contributed by atoms with Gasteiger partial charge in [-0.25, -0.2) is 4.68 Å². The lowest BCUT2D eigenvalue weighted by Gasteiger charge is -2.13. The van der Waals surface area contributed by atoms with Gasteiger partial charge in [0.1, 0.15) is 5.69 Å². The van der Waals surface area contributed by atoms with E-state index in [2.05, 4.69) is 10.4 Å². The van der Waals surface area contributed by atoms with Crippen molar-refractivity contribution in [1.82, 2.24) is 19.7 Å². The number of carbonyl (C=O) groups excluding carboxylic acids is 1. The molecule has 22 heavy (non-hydrogen) atoms. The summed E-state index contributed by atoms with van der Waals surface area (Å²) in [5.74, 6) is -0.505. The lowest BCUT2D eigenvalue weighted by atomic mass is 10.3. The highest BCUT2D eigenvalue weighted by Gasteiger charge is 2.11. The van der Waals surface area contributed by atoms with Gasteiger partial charge >= 0.3 is 0 Å². The summed E-state index contributed by atoms with van der Waals surface area (Å²) < 4.78 is 2.40. The van der Waals surface area contributed by atoms with Crippen LogP contribution in [0.25, 0.3) is 0 Å². The number of aromatic nitrogens is 3. The molecule has 0 saturated carbocycles. The molecule has 8 nitrogen and oxygen atoms in total. The first-order valence-corrected chi connectivity index (χ1v) is 6.63. The zero-order valence-corrected chi connectivity index (χ0v) is 12.0. The first kappa shape index (κ1) is 15.6. The van der Waals surface area contributed by atoms with Crippen LogP contribution in [0.3, 0.4) is 0 Å². The molecule has 2 aromatic rings. The Balaban J connectivity index is 1.93. The highest BCUT2D eigenvalue weighted by Crippen LogP contribution is 1.92. The average Bonchev–Trinajstić information content (AvgIpc) is 2.50. The first-order chi connectivity index (χ1) is 10.5. The van der Waals surface area contributed by atoms with E-state index in [1.807, 2.05) is 0 Å². The van der Waals surface area contributed by atoms with Crippen LogP contribution in [-0.2, 0) is 13.6 Å². The molecule has 0 spiro atoms. The number of nitrogens with one attached hydrogen (secondary N) is 1. The molecule has 0 radical (unpaired) electrons. The number of hydrogen-bond acceptors (Lipinski definition) is 5. The van der Waals surface area contributed by atoms with Crippen LogP contribution >= 0.6 is 0 Å². The van der Waals surface area contributed by atoms with E-state index in [0.29, 0.717) is 0 Å². The molecular weight excluding hydrogens is 288 g/mol. The minimum Gasteiger partial charge on any atom is -0.389 e. The highest BCUT2D eigenvalue weighted by atomic mass is 16.3. The summed E-state index contributed by atoms with van der Waals surface area (Å²) in [6.45, 7) is 0.0331. The van der Waals surface area contributed by atoms with Gasteiger partial charge in [0.05, 0.1) is 12.6 Å². The summed E-state index contributed by atoms with van der Waals surface area (Å²) in [6.07, 6.45) is 0.638. The van der Waals surface area contributed by atoms with Crippen LogP contribution in [0.1, 0.15) is 10.5 Å². The Bertz CT molecular complexity index is 781. The summed E-state index contributed by atoms with van der Waals surface area (Å²) in [7, 11) is 1.44. The molecule has 2 aromatic heterocycles. The number of rotatable bonds is 5. The third-order valence-electron chi connectivity index (χ3n) is 3.00. The molecule has 2 rings (SSSR count). The van der Waals surface area contributed by atoms with E-state index in [1.54, 1.807) is 18.3 Å². The Morgan fingerprint density at radius 1 is 1.27 bits per heavy atom. The monoisotopic (exact) mass is 304 g/mol. The van der Waals surface area contributed by atoms with E-state index in [9.17, 15) is 19.5 Å². The Labute approximate surface area is 125 Å². The fourth-order valence-electron chi connectivity index (χ4n) is 1.83. The predicted octanol–water partition coefficient (Wildman–Crippen LogP) is -1.27. The molecule has 1 atom stereocenters. The molecule has 0 aliphatic heterocycles. The summed E-state index contributed by atoms with van der Waals surface area (Å²) in [5, 5.41) is 16.2. The molecule has 116 valence electrons. The molecule has 0 aliphatic carbocycles. The second-order valence-corrected chi connectivity index (χ2v) is 4.74. The normalized spacial score (nSPS) is 11.9. The van der Waals surface area contributed by atoms with Crippen LogP contribution in [0.15, 0.2) is 46.1 Å². The van der Waals surface area contributed by atoms with Crippen molar-refractivity contribution in [2.75, 3.05) is 6.54 Å². The van der Waals surface area contributed by atoms with E-state index >= 15 is 0 Å². The van der Waals surface area contributed by atoms with Gasteiger partial charge in [-0.1, -0.05) is 6.07 Å². The molecule has 0 saturated heterocycles. The molecule has 1 amide bonds. The summed E-state index contributed by atoms with van der Waals surface area (Å²) in [4.78, 5) is 34.6. The minimum atomic E-state index is -0.920. The number of aliphatic hydroxyl groups is 1. The van der Waals surface area contributed by atoms with Crippen molar-refractivity contribution in [2.45, 2.75) is 12.6 Å². The van der Waals surface area contributed by atoms with Gasteiger partial charge in [0.2, 0.25) is 0 Å². The van der Waals surface area contributed by atoms with Crippen LogP contribution in [-0.4, -0.2) is 38.0 Å².